The largest absolute Gasteiger partial charge is 0.460 e. The fourth-order valence-corrected chi connectivity index (χ4v) is 6.36. The van der Waals surface area contributed by atoms with Gasteiger partial charge < -0.3 is 19.6 Å². The molecule has 9 nitrogen and oxygen atoms in total. The molecule has 2 N–H and O–H groups in total. The molecule has 0 spiro atoms. The molecule has 4 aromatic rings. The molecule has 0 saturated heterocycles. The molecule has 11 heteroatoms. The van der Waals surface area contributed by atoms with Crippen LogP contribution in [0.3, 0.4) is 0 Å². The van der Waals surface area contributed by atoms with E-state index < -0.39 is 19.7 Å². The van der Waals surface area contributed by atoms with Crippen molar-refractivity contribution in [3.05, 3.63) is 65.7 Å². The van der Waals surface area contributed by atoms with E-state index in [0.717, 1.165) is 16.6 Å². The van der Waals surface area contributed by atoms with Crippen LogP contribution in [0, 0.1) is 5.82 Å². The third kappa shape index (κ3) is 7.87. The SMILES string of the molecule is Cn1nc(C(C)(C)C)cc1N=C(N)OCc1cc(F)ccc1Oc1ccc2c(cnn2CC(C)(C)O[Si](C)(C)C(C)(C)C)c1. The molecule has 0 fully saturated rings. The Bertz CT molecular complexity index is 1660. The molecule has 0 bridgehead atoms. The van der Waals surface area contributed by atoms with Crippen LogP contribution in [-0.2, 0) is 34.8 Å². The van der Waals surface area contributed by atoms with Crippen LogP contribution < -0.4 is 10.5 Å². The van der Waals surface area contributed by atoms with Gasteiger partial charge in [-0.05, 0) is 68.4 Å². The van der Waals surface area contributed by atoms with E-state index in [-0.39, 0.29) is 23.1 Å². The summed E-state index contributed by atoms with van der Waals surface area (Å²) in [6.07, 6.45) is 1.82. The van der Waals surface area contributed by atoms with Crippen LogP contribution in [0.1, 0.15) is 66.6 Å². The van der Waals surface area contributed by atoms with Gasteiger partial charge in [0.1, 0.15) is 23.9 Å². The van der Waals surface area contributed by atoms with E-state index in [1.165, 1.54) is 12.1 Å². The van der Waals surface area contributed by atoms with E-state index in [1.807, 2.05) is 35.1 Å². The maximum Gasteiger partial charge on any atom is 0.289 e. The number of ether oxygens (including phenoxy) is 2. The number of hydrogen-bond donors (Lipinski definition) is 1. The third-order valence-electron chi connectivity index (χ3n) is 7.96. The summed E-state index contributed by atoms with van der Waals surface area (Å²) in [6, 6.07) is 11.9. The van der Waals surface area contributed by atoms with E-state index in [2.05, 4.69) is 83.7 Å². The highest BCUT2D eigenvalue weighted by Crippen LogP contribution is 2.39. The number of benzene rings is 2. The average Bonchev–Trinajstić information content (AvgIpc) is 3.45. The van der Waals surface area contributed by atoms with Crippen molar-refractivity contribution in [3.8, 4) is 11.5 Å². The fourth-order valence-electron chi connectivity index (χ4n) is 4.60. The van der Waals surface area contributed by atoms with Gasteiger partial charge in [0.15, 0.2) is 14.1 Å². The van der Waals surface area contributed by atoms with Crippen LogP contribution in [-0.4, -0.2) is 39.5 Å². The van der Waals surface area contributed by atoms with Gasteiger partial charge in [0, 0.05) is 29.5 Å². The minimum absolute atomic E-state index is 0.0319. The number of nitrogens with zero attached hydrogens (tertiary/aromatic N) is 5. The Morgan fingerprint density at radius 3 is 2.34 bits per heavy atom. The second-order valence-electron chi connectivity index (χ2n) is 14.5. The zero-order valence-corrected chi connectivity index (χ0v) is 28.9. The van der Waals surface area contributed by atoms with E-state index in [0.29, 0.717) is 29.4 Å². The van der Waals surface area contributed by atoms with E-state index in [9.17, 15) is 4.39 Å². The summed E-state index contributed by atoms with van der Waals surface area (Å²) in [6.45, 7) is 22.3. The van der Waals surface area contributed by atoms with Gasteiger partial charge in [-0.2, -0.15) is 15.2 Å². The molecular formula is C33H47FN6O3Si. The molecule has 2 aromatic carbocycles. The van der Waals surface area contributed by atoms with Crippen molar-refractivity contribution >= 4 is 31.1 Å². The molecular weight excluding hydrogens is 575 g/mol. The highest BCUT2D eigenvalue weighted by Gasteiger charge is 2.41. The highest BCUT2D eigenvalue weighted by molar-refractivity contribution is 6.74. The monoisotopic (exact) mass is 622 g/mol. The molecule has 0 aliphatic heterocycles. The molecule has 44 heavy (non-hydrogen) atoms. The third-order valence-corrected chi connectivity index (χ3v) is 12.6. The lowest BCUT2D eigenvalue weighted by atomic mass is 9.92. The molecule has 4 rings (SSSR count). The van der Waals surface area contributed by atoms with Crippen molar-refractivity contribution in [1.82, 2.24) is 19.6 Å². The van der Waals surface area contributed by atoms with Crippen LogP contribution in [0.25, 0.3) is 10.9 Å². The van der Waals surface area contributed by atoms with E-state index in [1.54, 1.807) is 17.8 Å². The van der Waals surface area contributed by atoms with Gasteiger partial charge in [0.2, 0.25) is 0 Å². The summed E-state index contributed by atoms with van der Waals surface area (Å²) in [7, 11) is -0.167. The Balaban J connectivity index is 1.49. The summed E-state index contributed by atoms with van der Waals surface area (Å²) in [5.41, 5.74) is 7.91. The van der Waals surface area contributed by atoms with Crippen LogP contribution in [0.4, 0.5) is 10.2 Å². The minimum Gasteiger partial charge on any atom is -0.460 e. The predicted molar refractivity (Wildman–Crippen MR) is 177 cm³/mol. The second kappa shape index (κ2) is 12.0. The summed E-state index contributed by atoms with van der Waals surface area (Å²) in [4.78, 5) is 4.36. The van der Waals surface area contributed by atoms with Crippen LogP contribution >= 0.6 is 0 Å². The maximum absolute atomic E-state index is 14.2. The Kier molecular flexibility index (Phi) is 9.05. The molecule has 0 amide bonds. The molecule has 0 radical (unpaired) electrons. The zero-order valence-electron chi connectivity index (χ0n) is 27.9. The molecule has 0 aliphatic carbocycles. The van der Waals surface area contributed by atoms with Gasteiger partial charge in [-0.3, -0.25) is 9.36 Å². The first-order chi connectivity index (χ1) is 20.2. The number of fused-ring (bicyclic) bond motifs is 1. The van der Waals surface area contributed by atoms with Crippen molar-refractivity contribution in [3.63, 3.8) is 0 Å². The van der Waals surface area contributed by atoms with Crippen LogP contribution in [0.2, 0.25) is 18.1 Å². The molecule has 0 atom stereocenters. The number of aryl methyl sites for hydroxylation is 1. The van der Waals surface area contributed by atoms with Crippen molar-refractivity contribution in [1.29, 1.82) is 0 Å². The number of hydrogen-bond acceptors (Lipinski definition) is 6. The van der Waals surface area contributed by atoms with Gasteiger partial charge in [0.25, 0.3) is 6.02 Å². The number of rotatable bonds is 9. The molecule has 238 valence electrons. The summed E-state index contributed by atoms with van der Waals surface area (Å²) in [5.74, 6) is 1.19. The fraction of sp³-hybridized carbons (Fsp3) is 0.485. The number of nitrogens with two attached hydrogens (primary N) is 1. The van der Waals surface area contributed by atoms with Crippen molar-refractivity contribution < 1.29 is 18.3 Å². The topological polar surface area (TPSA) is 102 Å². The lowest BCUT2D eigenvalue weighted by Gasteiger charge is -2.42. The van der Waals surface area contributed by atoms with Crippen LogP contribution in [0.5, 0.6) is 11.5 Å². The van der Waals surface area contributed by atoms with Crippen molar-refractivity contribution in [2.24, 2.45) is 17.8 Å². The number of amidine groups is 1. The average molecular weight is 623 g/mol. The lowest BCUT2D eigenvalue weighted by Crippen LogP contribution is -2.49. The summed E-state index contributed by atoms with van der Waals surface area (Å²) in [5, 5.41) is 10.2. The van der Waals surface area contributed by atoms with Gasteiger partial charge in [-0.15, -0.1) is 0 Å². The lowest BCUT2D eigenvalue weighted by molar-refractivity contribution is 0.0705. The highest BCUT2D eigenvalue weighted by atomic mass is 28.4. The Labute approximate surface area is 261 Å². The van der Waals surface area contributed by atoms with Gasteiger partial charge >= 0.3 is 0 Å². The van der Waals surface area contributed by atoms with Gasteiger partial charge in [0.05, 0.1) is 29.6 Å². The number of aromatic nitrogens is 4. The van der Waals surface area contributed by atoms with Crippen molar-refractivity contribution in [2.75, 3.05) is 0 Å². The molecule has 0 unspecified atom stereocenters. The first-order valence-corrected chi connectivity index (χ1v) is 17.8. The molecule has 2 heterocycles. The standard InChI is InChI=1S/C33H47FN6O3Si/c1-31(2,3)28-18-29(39(9)38-28)37-30(35)41-20-23-16-24(34)12-15-27(23)42-25-13-14-26-22(17-25)19-36-40(26)21-33(7,8)43-44(10,11)32(4,5)6/h12-19H,20-21H2,1-11H3,(H2,35,37). The first kappa shape index (κ1) is 33.2. The number of halogens is 1. The Morgan fingerprint density at radius 1 is 1.00 bits per heavy atom. The minimum atomic E-state index is -1.96. The predicted octanol–water partition coefficient (Wildman–Crippen LogP) is 7.96. The molecule has 0 saturated carbocycles. The van der Waals surface area contributed by atoms with Gasteiger partial charge in [-0.1, -0.05) is 41.5 Å². The van der Waals surface area contributed by atoms with E-state index in [4.69, 9.17) is 19.6 Å². The normalized spacial score (nSPS) is 13.5. The summed E-state index contributed by atoms with van der Waals surface area (Å²) < 4.78 is 36.5. The quantitative estimate of drug-likeness (QED) is 0.115. The Morgan fingerprint density at radius 2 is 1.70 bits per heavy atom. The van der Waals surface area contributed by atoms with Gasteiger partial charge in [-0.25, -0.2) is 4.39 Å². The Hall–Kier alpha value is -3.70. The van der Waals surface area contributed by atoms with Crippen LogP contribution in [0.15, 0.2) is 53.7 Å². The van der Waals surface area contributed by atoms with E-state index >= 15 is 0 Å². The maximum atomic E-state index is 14.2. The molecule has 0 aliphatic rings. The molecule has 2 aromatic heterocycles. The second-order valence-corrected chi connectivity index (χ2v) is 19.2. The summed E-state index contributed by atoms with van der Waals surface area (Å²) >= 11 is 0. The van der Waals surface area contributed by atoms with Crippen molar-refractivity contribution in [2.45, 2.75) is 97.7 Å². The number of aliphatic imine (C=N–C) groups is 1. The smallest absolute Gasteiger partial charge is 0.289 e. The first-order valence-electron chi connectivity index (χ1n) is 14.9. The zero-order chi connectivity index (χ0) is 32.7.